The van der Waals surface area contributed by atoms with E-state index in [4.69, 9.17) is 9.47 Å². The molecule has 0 bridgehead atoms. The molecule has 0 saturated heterocycles. The molecule has 0 heterocycles. The van der Waals surface area contributed by atoms with Gasteiger partial charge >= 0.3 is 11.9 Å². The van der Waals surface area contributed by atoms with Crippen molar-refractivity contribution >= 4 is 22.9 Å². The van der Waals surface area contributed by atoms with Crippen molar-refractivity contribution < 1.29 is 23.3 Å². The van der Waals surface area contributed by atoms with Gasteiger partial charge in [-0.3, -0.25) is 9.59 Å². The molecule has 0 fully saturated rings. The Labute approximate surface area is 129 Å². The van der Waals surface area contributed by atoms with E-state index in [1.54, 1.807) is 48.5 Å². The third kappa shape index (κ3) is 8.83. The van der Waals surface area contributed by atoms with Gasteiger partial charge in [0.1, 0.15) is 11.6 Å². The van der Waals surface area contributed by atoms with Gasteiger partial charge in [-0.2, -0.15) is 0 Å². The number of hydrogen-bond acceptors (Lipinski definition) is 5. The number of rotatable bonds is 6. The summed E-state index contributed by atoms with van der Waals surface area (Å²) in [5.41, 5.74) is -0.639. The number of carbonyl (C=O) groups is 2. The number of carbonyl (C=O) groups excluding carboxylic acids is 2. The van der Waals surface area contributed by atoms with E-state index in [0.717, 1.165) is 0 Å². The fourth-order valence-corrected chi connectivity index (χ4v) is 2.06. The second-order valence-corrected chi connectivity index (χ2v) is 8.59. The zero-order valence-electron chi connectivity index (χ0n) is 13.9. The number of hydrogen-bond donors (Lipinski definition) is 1. The Morgan fingerprint density at radius 2 is 1.67 bits per heavy atom. The molecule has 0 aliphatic carbocycles. The maximum Gasteiger partial charge on any atom is 0.324 e. The van der Waals surface area contributed by atoms with E-state index >= 15 is 0 Å². The summed E-state index contributed by atoms with van der Waals surface area (Å²) < 4.78 is 24.3. The zero-order chi connectivity index (χ0) is 16.8. The van der Waals surface area contributed by atoms with E-state index in [-0.39, 0.29) is 13.0 Å². The van der Waals surface area contributed by atoms with Crippen LogP contribution in [-0.4, -0.2) is 39.1 Å². The number of esters is 2. The highest BCUT2D eigenvalue weighted by molar-refractivity contribution is 7.84. The molecule has 124 valence electrons. The lowest BCUT2D eigenvalue weighted by Crippen LogP contribution is -2.46. The average molecular weight is 321 g/mol. The molecule has 6 nitrogen and oxygen atoms in total. The van der Waals surface area contributed by atoms with Gasteiger partial charge in [0.2, 0.25) is 0 Å². The van der Waals surface area contributed by atoms with Crippen LogP contribution in [0.2, 0.25) is 0 Å². The molecule has 0 aromatic rings. The van der Waals surface area contributed by atoms with Crippen LogP contribution in [0.25, 0.3) is 0 Å². The van der Waals surface area contributed by atoms with Gasteiger partial charge in [0.25, 0.3) is 0 Å². The van der Waals surface area contributed by atoms with Crippen molar-refractivity contribution in [2.45, 2.75) is 71.3 Å². The molecule has 1 N–H and O–H groups in total. The molecular weight excluding hydrogens is 294 g/mol. The first-order chi connectivity index (χ1) is 9.36. The monoisotopic (exact) mass is 321 g/mol. The van der Waals surface area contributed by atoms with Crippen LogP contribution in [0.4, 0.5) is 0 Å². The van der Waals surface area contributed by atoms with Crippen LogP contribution in [0.5, 0.6) is 0 Å². The summed E-state index contributed by atoms with van der Waals surface area (Å²) in [4.78, 5) is 23.7. The number of ether oxygens (including phenoxy) is 2. The molecule has 21 heavy (non-hydrogen) atoms. The predicted octanol–water partition coefficient (Wildman–Crippen LogP) is 1.70. The molecule has 1 unspecified atom stereocenters. The standard InChI is InChI=1S/C14H27NO5S/c1-8-19-12(17)10(15-21(18)14(5,6)7)9-11(16)20-13(2,3)4/h10,15H,8-9H2,1-7H3/t10-,21?/m0/s1. The maximum atomic E-state index is 12.1. The molecule has 0 spiro atoms. The van der Waals surface area contributed by atoms with Gasteiger partial charge in [-0.15, -0.1) is 0 Å². The van der Waals surface area contributed by atoms with E-state index < -0.39 is 39.3 Å². The third-order valence-corrected chi connectivity index (χ3v) is 3.78. The van der Waals surface area contributed by atoms with Crippen LogP contribution >= 0.6 is 0 Å². The Hall–Kier alpha value is -0.950. The maximum absolute atomic E-state index is 12.1. The van der Waals surface area contributed by atoms with Crippen LogP contribution in [0, 0.1) is 0 Å². The quantitative estimate of drug-likeness (QED) is 0.753. The summed E-state index contributed by atoms with van der Waals surface area (Å²) in [6.07, 6.45) is -0.224. The second-order valence-electron chi connectivity index (χ2n) is 6.59. The van der Waals surface area contributed by atoms with Crippen LogP contribution in [0.15, 0.2) is 0 Å². The van der Waals surface area contributed by atoms with E-state index in [2.05, 4.69) is 4.72 Å². The minimum Gasteiger partial charge on any atom is -0.465 e. The highest BCUT2D eigenvalue weighted by atomic mass is 32.2. The average Bonchev–Trinajstić information content (AvgIpc) is 2.24. The molecule has 0 aromatic carbocycles. The molecule has 2 atom stereocenters. The SMILES string of the molecule is CCOC(=O)[C@H](CC(=O)OC(C)(C)C)NS(=O)C(C)(C)C. The summed E-state index contributed by atoms with van der Waals surface area (Å²) in [6.45, 7) is 12.4. The lowest BCUT2D eigenvalue weighted by molar-refractivity contribution is -0.159. The molecule has 0 aromatic heterocycles. The molecule has 0 aliphatic heterocycles. The lowest BCUT2D eigenvalue weighted by atomic mass is 10.2. The van der Waals surface area contributed by atoms with Gasteiger partial charge in [-0.05, 0) is 48.5 Å². The van der Waals surface area contributed by atoms with Crippen molar-refractivity contribution in [3.63, 3.8) is 0 Å². The number of nitrogens with one attached hydrogen (secondary N) is 1. The molecule has 0 radical (unpaired) electrons. The van der Waals surface area contributed by atoms with Crippen molar-refractivity contribution in [2.75, 3.05) is 6.61 Å². The topological polar surface area (TPSA) is 81.7 Å². The van der Waals surface area contributed by atoms with Gasteiger partial charge in [-0.1, -0.05) is 0 Å². The first-order valence-electron chi connectivity index (χ1n) is 6.93. The molecule has 0 amide bonds. The largest absolute Gasteiger partial charge is 0.465 e. The van der Waals surface area contributed by atoms with Crippen molar-refractivity contribution in [1.29, 1.82) is 0 Å². The minimum absolute atomic E-state index is 0.188. The van der Waals surface area contributed by atoms with Crippen molar-refractivity contribution in [2.24, 2.45) is 0 Å². The highest BCUT2D eigenvalue weighted by Gasteiger charge is 2.31. The molecule has 7 heteroatoms. The summed E-state index contributed by atoms with van der Waals surface area (Å²) >= 11 is 0. The summed E-state index contributed by atoms with van der Waals surface area (Å²) in [5.74, 6) is -1.15. The summed E-state index contributed by atoms with van der Waals surface area (Å²) in [6, 6.07) is -0.986. The van der Waals surface area contributed by atoms with Gasteiger partial charge < -0.3 is 9.47 Å². The van der Waals surface area contributed by atoms with Crippen LogP contribution in [0.1, 0.15) is 54.9 Å². The lowest BCUT2D eigenvalue weighted by Gasteiger charge is -2.24. The highest BCUT2D eigenvalue weighted by Crippen LogP contribution is 2.13. The summed E-state index contributed by atoms with van der Waals surface area (Å²) in [7, 11) is -1.49. The Balaban J connectivity index is 4.87. The van der Waals surface area contributed by atoms with E-state index in [1.807, 2.05) is 0 Å². The predicted molar refractivity (Wildman–Crippen MR) is 81.9 cm³/mol. The Bertz CT molecular complexity index is 395. The van der Waals surface area contributed by atoms with Gasteiger partial charge in [0.15, 0.2) is 0 Å². The summed E-state index contributed by atoms with van der Waals surface area (Å²) in [5, 5.41) is 0. The van der Waals surface area contributed by atoms with Crippen LogP contribution < -0.4 is 4.72 Å². The molecule has 0 aliphatic rings. The van der Waals surface area contributed by atoms with Crippen LogP contribution in [0.3, 0.4) is 0 Å². The smallest absolute Gasteiger partial charge is 0.324 e. The normalized spacial score (nSPS) is 15.2. The Kier molecular flexibility index (Phi) is 7.53. The van der Waals surface area contributed by atoms with Crippen molar-refractivity contribution in [3.05, 3.63) is 0 Å². The van der Waals surface area contributed by atoms with E-state index in [9.17, 15) is 13.8 Å². The molecular formula is C14H27NO5S. The van der Waals surface area contributed by atoms with Crippen LogP contribution in [-0.2, 0) is 30.0 Å². The second kappa shape index (κ2) is 7.89. The van der Waals surface area contributed by atoms with Gasteiger partial charge in [0, 0.05) is 0 Å². The third-order valence-electron chi connectivity index (χ3n) is 2.17. The van der Waals surface area contributed by atoms with Gasteiger partial charge in [-0.25, -0.2) is 8.93 Å². The van der Waals surface area contributed by atoms with Gasteiger partial charge in [0.05, 0.1) is 28.8 Å². The Morgan fingerprint density at radius 3 is 2.05 bits per heavy atom. The van der Waals surface area contributed by atoms with Crippen molar-refractivity contribution in [3.8, 4) is 0 Å². The first-order valence-corrected chi connectivity index (χ1v) is 8.08. The van der Waals surface area contributed by atoms with E-state index in [0.29, 0.717) is 0 Å². The zero-order valence-corrected chi connectivity index (χ0v) is 14.8. The van der Waals surface area contributed by atoms with Crippen molar-refractivity contribution in [1.82, 2.24) is 4.72 Å². The minimum atomic E-state index is -1.49. The molecule has 0 saturated carbocycles. The van der Waals surface area contributed by atoms with E-state index in [1.165, 1.54) is 0 Å². The fourth-order valence-electron chi connectivity index (χ4n) is 1.27. The fraction of sp³-hybridized carbons (Fsp3) is 0.857. The molecule has 0 rings (SSSR count). The Morgan fingerprint density at radius 1 is 1.14 bits per heavy atom. The first kappa shape index (κ1) is 20.1.